The average Bonchev–Trinajstić information content (AvgIpc) is 3.58. The third-order valence-electron chi connectivity index (χ3n) is 7.13. The number of ether oxygens (including phenoxy) is 1. The van der Waals surface area contributed by atoms with Gasteiger partial charge in [-0.05, 0) is 50.1 Å². The van der Waals surface area contributed by atoms with Crippen molar-refractivity contribution in [3.05, 3.63) is 78.4 Å². The molecule has 0 radical (unpaired) electrons. The van der Waals surface area contributed by atoms with Gasteiger partial charge in [0.25, 0.3) is 5.91 Å². The maximum atomic E-state index is 13.6. The molecule has 3 amide bonds. The Hall–Kier alpha value is -4.64. The van der Waals surface area contributed by atoms with Crippen molar-refractivity contribution in [1.82, 2.24) is 24.8 Å². The summed E-state index contributed by atoms with van der Waals surface area (Å²) in [6.45, 7) is 4.94. The van der Waals surface area contributed by atoms with Crippen LogP contribution in [0.2, 0.25) is 0 Å². The number of aromatic nitrogens is 3. The van der Waals surface area contributed by atoms with Gasteiger partial charge >= 0.3 is 0 Å². The Balaban J connectivity index is 1.63. The number of aromatic amines is 1. The van der Waals surface area contributed by atoms with E-state index in [4.69, 9.17) is 10.5 Å². The smallest absolute Gasteiger partial charge is 0.252 e. The largest absolute Gasteiger partial charge is 0.497 e. The molecular formula is C30H37N7O4. The number of carbonyl (C=O) groups is 3. The quantitative estimate of drug-likeness (QED) is 0.235. The lowest BCUT2D eigenvalue weighted by atomic mass is 9.90. The fraction of sp³-hybridized carbons (Fsp3) is 0.333. The molecule has 5 N–H and O–H groups in total. The number of nitrogens with one attached hydrogen (secondary N) is 3. The summed E-state index contributed by atoms with van der Waals surface area (Å²) in [6.07, 6.45) is 5.14. The number of carbonyl (C=O) groups excluding carboxylic acids is 3. The predicted octanol–water partition coefficient (Wildman–Crippen LogP) is 2.63. The second kappa shape index (κ2) is 11.5. The number of amides is 3. The molecule has 0 bridgehead atoms. The second-order valence-corrected chi connectivity index (χ2v) is 11.0. The first-order chi connectivity index (χ1) is 19.3. The lowest BCUT2D eigenvalue weighted by Crippen LogP contribution is -2.55. The number of hydrogen-bond donors (Lipinski definition) is 4. The van der Waals surface area contributed by atoms with E-state index in [-0.39, 0.29) is 18.1 Å². The van der Waals surface area contributed by atoms with Crippen LogP contribution in [0, 0.1) is 0 Å². The van der Waals surface area contributed by atoms with Crippen LogP contribution in [0.1, 0.15) is 31.9 Å². The fourth-order valence-corrected chi connectivity index (χ4v) is 4.65. The minimum absolute atomic E-state index is 0.187. The van der Waals surface area contributed by atoms with Crippen molar-refractivity contribution in [2.24, 2.45) is 5.73 Å². The van der Waals surface area contributed by atoms with E-state index in [0.29, 0.717) is 11.3 Å². The second-order valence-electron chi connectivity index (χ2n) is 11.0. The van der Waals surface area contributed by atoms with Crippen molar-refractivity contribution in [1.29, 1.82) is 0 Å². The number of imidazole rings is 1. The van der Waals surface area contributed by atoms with E-state index in [2.05, 4.69) is 20.6 Å². The predicted molar refractivity (Wildman–Crippen MR) is 157 cm³/mol. The van der Waals surface area contributed by atoms with Crippen molar-refractivity contribution >= 4 is 34.4 Å². The Kier molecular flexibility index (Phi) is 8.20. The summed E-state index contributed by atoms with van der Waals surface area (Å²) in [5.74, 6) is -0.232. The SMILES string of the molecule is COc1ccc(C(C)(C(=O)N(C)C)n2cnc(NC(=O)[C@@H](Cc3c[nH]c4ccccc34)NC(=O)C(C)(C)N)c2)cc1. The van der Waals surface area contributed by atoms with Crippen LogP contribution in [0.15, 0.2) is 67.3 Å². The molecule has 41 heavy (non-hydrogen) atoms. The molecule has 0 saturated heterocycles. The van der Waals surface area contributed by atoms with Crippen LogP contribution in [0.5, 0.6) is 5.75 Å². The molecule has 11 heteroatoms. The van der Waals surface area contributed by atoms with Gasteiger partial charge in [-0.3, -0.25) is 14.4 Å². The number of H-pyrrole nitrogens is 1. The van der Waals surface area contributed by atoms with Crippen LogP contribution in [-0.4, -0.2) is 69.9 Å². The van der Waals surface area contributed by atoms with E-state index >= 15 is 0 Å². The Morgan fingerprint density at radius 2 is 1.78 bits per heavy atom. The summed E-state index contributed by atoms with van der Waals surface area (Å²) >= 11 is 0. The topological polar surface area (TPSA) is 147 Å². The van der Waals surface area contributed by atoms with Gasteiger partial charge in [0.2, 0.25) is 11.8 Å². The van der Waals surface area contributed by atoms with Gasteiger partial charge in [-0.25, -0.2) is 4.98 Å². The van der Waals surface area contributed by atoms with Gasteiger partial charge in [0.1, 0.15) is 17.3 Å². The van der Waals surface area contributed by atoms with E-state index in [1.54, 1.807) is 64.9 Å². The van der Waals surface area contributed by atoms with Gasteiger partial charge in [-0.1, -0.05) is 30.3 Å². The number of likely N-dealkylation sites (N-methyl/N-ethyl adjacent to an activating group) is 1. The zero-order chi connectivity index (χ0) is 29.9. The maximum Gasteiger partial charge on any atom is 0.252 e. The van der Waals surface area contributed by atoms with Crippen LogP contribution >= 0.6 is 0 Å². The van der Waals surface area contributed by atoms with Crippen LogP contribution in [0.25, 0.3) is 10.9 Å². The number of anilines is 1. The molecule has 1 unspecified atom stereocenters. The molecule has 0 spiro atoms. The Morgan fingerprint density at radius 3 is 2.41 bits per heavy atom. The number of rotatable bonds is 10. The van der Waals surface area contributed by atoms with Crippen molar-refractivity contribution in [2.45, 2.75) is 44.3 Å². The molecule has 0 saturated carbocycles. The molecule has 2 aromatic carbocycles. The van der Waals surface area contributed by atoms with Gasteiger partial charge in [-0.15, -0.1) is 0 Å². The standard InChI is InChI=1S/C30H37N7O4/c1-29(2,31)27(39)34-24(15-19-16-32-23-10-8-7-9-22(19)23)26(38)35-25-17-37(18-33-25)30(3,28(40)36(4)5)20-11-13-21(41-6)14-12-20/h7-14,16-18,24,32H,15,31H2,1-6H3,(H,34,39)(H,35,38)/t24-,30?/m1/s1. The first-order valence-corrected chi connectivity index (χ1v) is 13.2. The molecule has 2 atom stereocenters. The summed E-state index contributed by atoms with van der Waals surface area (Å²) in [5, 5.41) is 6.55. The third kappa shape index (κ3) is 6.09. The monoisotopic (exact) mass is 559 g/mol. The maximum absolute atomic E-state index is 13.6. The molecule has 4 aromatic rings. The molecule has 2 aromatic heterocycles. The average molecular weight is 560 g/mol. The highest BCUT2D eigenvalue weighted by molar-refractivity contribution is 5.98. The number of fused-ring (bicyclic) bond motifs is 1. The normalized spacial score (nSPS) is 13.7. The van der Waals surface area contributed by atoms with Gasteiger partial charge in [-0.2, -0.15) is 0 Å². The van der Waals surface area contributed by atoms with E-state index in [0.717, 1.165) is 16.5 Å². The zero-order valence-corrected chi connectivity index (χ0v) is 24.2. The minimum Gasteiger partial charge on any atom is -0.497 e. The Bertz CT molecular complexity index is 1550. The Labute approximate surface area is 239 Å². The number of para-hydroxylation sites is 1. The van der Waals surface area contributed by atoms with Crippen LogP contribution < -0.4 is 21.1 Å². The summed E-state index contributed by atoms with van der Waals surface area (Å²) in [4.78, 5) is 48.9. The summed E-state index contributed by atoms with van der Waals surface area (Å²) in [7, 11) is 4.94. The molecule has 0 aliphatic rings. The zero-order valence-electron chi connectivity index (χ0n) is 24.2. The highest BCUT2D eigenvalue weighted by Crippen LogP contribution is 2.30. The number of nitrogens with two attached hydrogens (primary N) is 1. The number of hydrogen-bond acceptors (Lipinski definition) is 6. The minimum atomic E-state index is -1.19. The van der Waals surface area contributed by atoms with Gasteiger partial charge in [0.15, 0.2) is 5.82 Å². The van der Waals surface area contributed by atoms with E-state index in [1.165, 1.54) is 11.2 Å². The molecule has 0 fully saturated rings. The van der Waals surface area contributed by atoms with Crippen LogP contribution in [0.3, 0.4) is 0 Å². The third-order valence-corrected chi connectivity index (χ3v) is 7.13. The first-order valence-electron chi connectivity index (χ1n) is 13.2. The van der Waals surface area contributed by atoms with Crippen molar-refractivity contribution < 1.29 is 19.1 Å². The summed E-state index contributed by atoms with van der Waals surface area (Å²) in [6, 6.07) is 14.0. The summed E-state index contributed by atoms with van der Waals surface area (Å²) < 4.78 is 6.93. The lowest BCUT2D eigenvalue weighted by Gasteiger charge is -2.33. The van der Waals surface area contributed by atoms with E-state index < -0.39 is 28.9 Å². The Morgan fingerprint density at radius 1 is 1.10 bits per heavy atom. The van der Waals surface area contributed by atoms with Gasteiger partial charge in [0, 0.05) is 43.8 Å². The van der Waals surface area contributed by atoms with Crippen molar-refractivity contribution in [2.75, 3.05) is 26.5 Å². The van der Waals surface area contributed by atoms with Gasteiger partial charge < -0.3 is 35.6 Å². The van der Waals surface area contributed by atoms with Crippen molar-refractivity contribution in [3.8, 4) is 5.75 Å². The number of methoxy groups -OCH3 is 1. The molecule has 0 aliphatic carbocycles. The number of benzene rings is 2. The summed E-state index contributed by atoms with van der Waals surface area (Å²) in [5.41, 5.74) is 6.17. The van der Waals surface area contributed by atoms with Crippen LogP contribution in [0.4, 0.5) is 5.82 Å². The molecule has 216 valence electrons. The molecule has 0 aliphatic heterocycles. The van der Waals surface area contributed by atoms with Gasteiger partial charge in [0.05, 0.1) is 19.0 Å². The van der Waals surface area contributed by atoms with E-state index in [9.17, 15) is 14.4 Å². The molecular weight excluding hydrogens is 522 g/mol. The first kappa shape index (κ1) is 29.3. The van der Waals surface area contributed by atoms with Crippen LogP contribution in [-0.2, 0) is 26.3 Å². The van der Waals surface area contributed by atoms with Crippen molar-refractivity contribution in [3.63, 3.8) is 0 Å². The van der Waals surface area contributed by atoms with E-state index in [1.807, 2.05) is 42.6 Å². The fourth-order valence-electron chi connectivity index (χ4n) is 4.65. The highest BCUT2D eigenvalue weighted by Gasteiger charge is 2.39. The number of nitrogens with zero attached hydrogens (tertiary/aromatic N) is 3. The highest BCUT2D eigenvalue weighted by atomic mass is 16.5. The molecule has 2 heterocycles. The lowest BCUT2D eigenvalue weighted by molar-refractivity contribution is -0.135. The molecule has 4 rings (SSSR count). The molecule has 11 nitrogen and oxygen atoms in total.